The van der Waals surface area contributed by atoms with Crippen LogP contribution in [0.3, 0.4) is 0 Å². The molecular weight excluding hydrogens is 376 g/mol. The molecule has 1 aliphatic rings. The smallest absolute Gasteiger partial charge is 0.254 e. The highest BCUT2D eigenvalue weighted by Crippen LogP contribution is 2.30. The van der Waals surface area contributed by atoms with Gasteiger partial charge in [-0.15, -0.1) is 0 Å². The summed E-state index contributed by atoms with van der Waals surface area (Å²) >= 11 is 9.49. The third-order valence-electron chi connectivity index (χ3n) is 4.30. The fourth-order valence-corrected chi connectivity index (χ4v) is 3.74. The van der Waals surface area contributed by atoms with Crippen LogP contribution in [0, 0.1) is 0 Å². The van der Waals surface area contributed by atoms with E-state index in [1.165, 1.54) is 11.3 Å². The summed E-state index contributed by atoms with van der Waals surface area (Å²) in [4.78, 5) is 18.1. The Hall–Kier alpha value is -1.78. The number of carbonyl (C=O) groups excluding carboxylic acids is 1. The third-order valence-corrected chi connectivity index (χ3v) is 5.02. The maximum atomic E-state index is 12.7. The second-order valence-electron chi connectivity index (χ2n) is 5.76. The minimum Gasteiger partial charge on any atom is -0.358 e. The second-order valence-corrected chi connectivity index (χ2v) is 7.11. The number of H-pyrrole nitrogens is 1. The van der Waals surface area contributed by atoms with Crippen molar-refractivity contribution in [1.29, 1.82) is 0 Å². The van der Waals surface area contributed by atoms with Crippen molar-refractivity contribution in [1.82, 2.24) is 9.88 Å². The fourth-order valence-electron chi connectivity index (χ4n) is 3.17. The predicted molar refractivity (Wildman–Crippen MR) is 95.9 cm³/mol. The Kier molecular flexibility index (Phi) is 3.66. The van der Waals surface area contributed by atoms with Crippen LogP contribution in [0.15, 0.2) is 46.9 Å². The number of amides is 1. The van der Waals surface area contributed by atoms with Crippen molar-refractivity contribution >= 4 is 44.3 Å². The van der Waals surface area contributed by atoms with Crippen molar-refractivity contribution in [2.75, 3.05) is 6.54 Å². The number of aromatic nitrogens is 1. The molecule has 5 heteroatoms. The molecule has 0 saturated heterocycles. The number of fused-ring (bicyclic) bond motifs is 3. The van der Waals surface area contributed by atoms with Gasteiger partial charge in [0.25, 0.3) is 5.91 Å². The van der Waals surface area contributed by atoms with Gasteiger partial charge in [0.15, 0.2) is 0 Å². The molecule has 4 rings (SSSR count). The predicted octanol–water partition coefficient (Wildman–Crippen LogP) is 4.78. The van der Waals surface area contributed by atoms with Crippen LogP contribution < -0.4 is 0 Å². The third kappa shape index (κ3) is 2.66. The van der Waals surface area contributed by atoms with Crippen LogP contribution in [-0.2, 0) is 13.0 Å². The summed E-state index contributed by atoms with van der Waals surface area (Å²) in [7, 11) is 0. The molecule has 23 heavy (non-hydrogen) atoms. The molecule has 3 aromatic rings. The molecule has 2 heterocycles. The number of rotatable bonds is 1. The molecule has 1 amide bonds. The van der Waals surface area contributed by atoms with Crippen molar-refractivity contribution in [3.8, 4) is 0 Å². The van der Waals surface area contributed by atoms with Gasteiger partial charge in [-0.2, -0.15) is 0 Å². The van der Waals surface area contributed by atoms with E-state index < -0.39 is 0 Å². The summed E-state index contributed by atoms with van der Waals surface area (Å²) in [6.07, 6.45) is 0.835. The lowest BCUT2D eigenvalue weighted by Gasteiger charge is -2.27. The van der Waals surface area contributed by atoms with E-state index in [-0.39, 0.29) is 5.91 Å². The van der Waals surface area contributed by atoms with Crippen molar-refractivity contribution in [2.24, 2.45) is 0 Å². The van der Waals surface area contributed by atoms with Crippen LogP contribution in [0.4, 0.5) is 0 Å². The molecule has 1 aromatic heterocycles. The van der Waals surface area contributed by atoms with Gasteiger partial charge in [-0.05, 0) is 30.3 Å². The number of aromatic amines is 1. The zero-order valence-corrected chi connectivity index (χ0v) is 14.6. The van der Waals surface area contributed by atoms with Crippen LogP contribution in [0.2, 0.25) is 5.02 Å². The topological polar surface area (TPSA) is 36.1 Å². The first kappa shape index (κ1) is 14.8. The van der Waals surface area contributed by atoms with E-state index in [0.29, 0.717) is 12.1 Å². The molecule has 0 aliphatic carbocycles. The van der Waals surface area contributed by atoms with E-state index in [9.17, 15) is 4.79 Å². The van der Waals surface area contributed by atoms with Gasteiger partial charge in [-0.1, -0.05) is 39.7 Å². The number of carbonyl (C=O) groups is 1. The Morgan fingerprint density at radius 1 is 1.22 bits per heavy atom. The largest absolute Gasteiger partial charge is 0.358 e. The molecule has 116 valence electrons. The Balaban J connectivity index is 1.68. The summed E-state index contributed by atoms with van der Waals surface area (Å²) in [5.74, 6) is 0.0697. The van der Waals surface area contributed by atoms with Gasteiger partial charge >= 0.3 is 0 Å². The SMILES string of the molecule is O=C(c1cccc(Br)c1)N1CCc2[nH]c3cc(Cl)ccc3c2C1. The molecule has 3 nitrogen and oxygen atoms in total. The molecule has 1 aliphatic heterocycles. The quantitative estimate of drug-likeness (QED) is 0.638. The molecular formula is C18H14BrClN2O. The Morgan fingerprint density at radius 3 is 2.91 bits per heavy atom. The average Bonchev–Trinajstić information content (AvgIpc) is 2.90. The highest BCUT2D eigenvalue weighted by molar-refractivity contribution is 9.10. The summed E-state index contributed by atoms with van der Waals surface area (Å²) in [6, 6.07) is 13.4. The summed E-state index contributed by atoms with van der Waals surface area (Å²) in [5, 5.41) is 1.87. The molecule has 0 bridgehead atoms. The Morgan fingerprint density at radius 2 is 2.09 bits per heavy atom. The number of halogens is 2. The molecule has 0 unspecified atom stereocenters. The number of nitrogens with one attached hydrogen (secondary N) is 1. The molecule has 2 aromatic carbocycles. The summed E-state index contributed by atoms with van der Waals surface area (Å²) < 4.78 is 0.919. The monoisotopic (exact) mass is 388 g/mol. The zero-order chi connectivity index (χ0) is 16.0. The first-order valence-corrected chi connectivity index (χ1v) is 8.63. The molecule has 0 atom stereocenters. The van der Waals surface area contributed by atoms with Gasteiger partial charge in [-0.25, -0.2) is 0 Å². The fraction of sp³-hybridized carbons (Fsp3) is 0.167. The van der Waals surface area contributed by atoms with Gasteiger partial charge in [0.1, 0.15) is 0 Å². The molecule has 0 saturated carbocycles. The maximum Gasteiger partial charge on any atom is 0.254 e. The normalized spacial score (nSPS) is 14.1. The zero-order valence-electron chi connectivity index (χ0n) is 12.3. The van der Waals surface area contributed by atoms with Crippen molar-refractivity contribution < 1.29 is 4.79 Å². The Labute approximate surface area is 147 Å². The Bertz CT molecular complexity index is 919. The van der Waals surface area contributed by atoms with E-state index in [4.69, 9.17) is 11.6 Å². The highest BCUT2D eigenvalue weighted by atomic mass is 79.9. The van der Waals surface area contributed by atoms with Gasteiger partial charge in [0.2, 0.25) is 0 Å². The van der Waals surface area contributed by atoms with Crippen LogP contribution >= 0.6 is 27.5 Å². The molecule has 0 fully saturated rings. The van der Waals surface area contributed by atoms with E-state index >= 15 is 0 Å². The van der Waals surface area contributed by atoms with E-state index in [2.05, 4.69) is 20.9 Å². The van der Waals surface area contributed by atoms with Crippen molar-refractivity contribution in [3.05, 3.63) is 68.8 Å². The van der Waals surface area contributed by atoms with Gasteiger partial charge in [0.05, 0.1) is 0 Å². The standard InChI is InChI=1S/C18H14BrClN2O/c19-12-3-1-2-11(8-12)18(23)22-7-6-16-15(10-22)14-5-4-13(20)9-17(14)21-16/h1-5,8-9,21H,6-7,10H2. The van der Waals surface area contributed by atoms with Gasteiger partial charge in [-0.3, -0.25) is 4.79 Å². The van der Waals surface area contributed by atoms with Crippen molar-refractivity contribution in [3.63, 3.8) is 0 Å². The number of hydrogen-bond acceptors (Lipinski definition) is 1. The van der Waals surface area contributed by atoms with Crippen LogP contribution in [0.5, 0.6) is 0 Å². The minimum absolute atomic E-state index is 0.0697. The van der Waals surface area contributed by atoms with E-state index in [1.807, 2.05) is 47.4 Å². The lowest BCUT2D eigenvalue weighted by atomic mass is 10.0. The number of benzene rings is 2. The van der Waals surface area contributed by atoms with E-state index in [1.54, 1.807) is 0 Å². The minimum atomic E-state index is 0.0697. The summed E-state index contributed by atoms with van der Waals surface area (Å²) in [6.45, 7) is 1.35. The van der Waals surface area contributed by atoms with Gasteiger partial charge < -0.3 is 9.88 Å². The van der Waals surface area contributed by atoms with Crippen LogP contribution in [0.25, 0.3) is 10.9 Å². The number of nitrogens with zero attached hydrogens (tertiary/aromatic N) is 1. The van der Waals surface area contributed by atoms with Crippen LogP contribution in [-0.4, -0.2) is 22.3 Å². The molecule has 0 radical (unpaired) electrons. The second kappa shape index (κ2) is 5.69. The average molecular weight is 390 g/mol. The lowest BCUT2D eigenvalue weighted by Crippen LogP contribution is -2.35. The van der Waals surface area contributed by atoms with E-state index in [0.717, 1.165) is 33.4 Å². The van der Waals surface area contributed by atoms with Gasteiger partial charge in [0, 0.05) is 56.7 Å². The number of hydrogen-bond donors (Lipinski definition) is 1. The first-order valence-electron chi connectivity index (χ1n) is 7.45. The molecule has 0 spiro atoms. The summed E-state index contributed by atoms with van der Waals surface area (Å²) in [5.41, 5.74) is 4.16. The molecule has 1 N–H and O–H groups in total. The maximum absolute atomic E-state index is 12.7. The van der Waals surface area contributed by atoms with Crippen molar-refractivity contribution in [2.45, 2.75) is 13.0 Å². The first-order chi connectivity index (χ1) is 11.1. The van der Waals surface area contributed by atoms with Crippen LogP contribution in [0.1, 0.15) is 21.6 Å². The highest BCUT2D eigenvalue weighted by Gasteiger charge is 2.24. The lowest BCUT2D eigenvalue weighted by molar-refractivity contribution is 0.0735.